The van der Waals surface area contributed by atoms with Gasteiger partial charge >= 0.3 is 0 Å². The molecule has 4 rings (SSSR count). The van der Waals surface area contributed by atoms with Crippen molar-refractivity contribution in [3.8, 4) is 0 Å². The molecule has 5 heteroatoms. The van der Waals surface area contributed by atoms with Gasteiger partial charge in [0.05, 0.1) is 5.56 Å². The maximum atomic E-state index is 13.8. The van der Waals surface area contributed by atoms with Crippen LogP contribution in [0.2, 0.25) is 0 Å². The van der Waals surface area contributed by atoms with Crippen molar-refractivity contribution in [2.24, 2.45) is 11.8 Å². The van der Waals surface area contributed by atoms with Crippen LogP contribution < -0.4 is 10.2 Å². The molecule has 40 heavy (non-hydrogen) atoms. The van der Waals surface area contributed by atoms with E-state index in [1.54, 1.807) is 0 Å². The average molecular weight is 546 g/mol. The van der Waals surface area contributed by atoms with Crippen molar-refractivity contribution in [3.05, 3.63) is 59.7 Å². The SMILES string of the molecule is CCCCCCCCCC(=O)Nc1ccc(N2CCC(Cc3ccccc3)CC2)c(C(=O)N2CCC(C)CC2)c1. The summed E-state index contributed by atoms with van der Waals surface area (Å²) in [5.74, 6) is 1.50. The van der Waals surface area contributed by atoms with Crippen LogP contribution in [0, 0.1) is 11.8 Å². The zero-order valence-corrected chi connectivity index (χ0v) is 25.0. The molecule has 0 radical (unpaired) electrons. The van der Waals surface area contributed by atoms with Crippen LogP contribution in [-0.2, 0) is 11.2 Å². The summed E-state index contributed by atoms with van der Waals surface area (Å²) in [4.78, 5) is 31.0. The van der Waals surface area contributed by atoms with Crippen molar-refractivity contribution in [3.63, 3.8) is 0 Å². The van der Waals surface area contributed by atoms with Gasteiger partial charge in [0.1, 0.15) is 0 Å². The molecule has 218 valence electrons. The summed E-state index contributed by atoms with van der Waals surface area (Å²) in [5.41, 5.74) is 3.91. The summed E-state index contributed by atoms with van der Waals surface area (Å²) >= 11 is 0. The van der Waals surface area contributed by atoms with E-state index < -0.39 is 0 Å². The molecule has 2 saturated heterocycles. The maximum Gasteiger partial charge on any atom is 0.256 e. The van der Waals surface area contributed by atoms with Gasteiger partial charge in [0, 0.05) is 44.0 Å². The van der Waals surface area contributed by atoms with Gasteiger partial charge in [-0.05, 0) is 74.1 Å². The number of likely N-dealkylation sites (tertiary alicyclic amines) is 1. The molecule has 0 spiro atoms. The van der Waals surface area contributed by atoms with E-state index in [0.29, 0.717) is 18.3 Å². The van der Waals surface area contributed by atoms with Gasteiger partial charge in [0.25, 0.3) is 5.91 Å². The van der Waals surface area contributed by atoms with Crippen molar-refractivity contribution >= 4 is 23.2 Å². The fourth-order valence-electron chi connectivity index (χ4n) is 6.23. The molecule has 1 N–H and O–H groups in total. The molecule has 0 aromatic heterocycles. The van der Waals surface area contributed by atoms with Crippen molar-refractivity contribution in [2.75, 3.05) is 36.4 Å². The number of carbonyl (C=O) groups excluding carboxylic acids is 2. The van der Waals surface area contributed by atoms with Gasteiger partial charge in [-0.3, -0.25) is 9.59 Å². The third kappa shape index (κ3) is 9.11. The first kappa shape index (κ1) is 30.1. The van der Waals surface area contributed by atoms with E-state index in [1.807, 2.05) is 17.0 Å². The number of hydrogen-bond acceptors (Lipinski definition) is 3. The van der Waals surface area contributed by atoms with Gasteiger partial charge in [-0.1, -0.05) is 82.7 Å². The number of rotatable bonds is 13. The van der Waals surface area contributed by atoms with E-state index in [9.17, 15) is 9.59 Å². The minimum absolute atomic E-state index is 0.0493. The van der Waals surface area contributed by atoms with Crippen LogP contribution in [0.5, 0.6) is 0 Å². The van der Waals surface area contributed by atoms with Gasteiger partial charge in [0.15, 0.2) is 0 Å². The van der Waals surface area contributed by atoms with E-state index in [2.05, 4.69) is 60.5 Å². The number of nitrogens with zero attached hydrogens (tertiary/aromatic N) is 2. The Labute approximate surface area is 242 Å². The number of piperidine rings is 2. The number of carbonyl (C=O) groups is 2. The lowest BCUT2D eigenvalue weighted by atomic mass is 9.89. The van der Waals surface area contributed by atoms with Crippen LogP contribution >= 0.6 is 0 Å². The standard InChI is InChI=1S/C35H51N3O2/c1-3-4-5-6-7-8-12-15-34(39)36-31-16-17-33(32(27-31)35(40)38-22-18-28(2)19-23-38)37-24-20-30(21-25-37)26-29-13-10-9-11-14-29/h9-11,13-14,16-17,27-28,30H,3-8,12,15,18-26H2,1-2H3,(H,36,39). The monoisotopic (exact) mass is 545 g/mol. The second-order valence-corrected chi connectivity index (χ2v) is 12.2. The minimum atomic E-state index is 0.0493. The molecule has 2 aliphatic rings. The Morgan fingerprint density at radius 2 is 1.50 bits per heavy atom. The highest BCUT2D eigenvalue weighted by molar-refractivity contribution is 6.02. The Bertz CT molecular complexity index is 1050. The summed E-state index contributed by atoms with van der Waals surface area (Å²) in [5, 5.41) is 3.09. The van der Waals surface area contributed by atoms with Gasteiger partial charge in [-0.2, -0.15) is 0 Å². The molecule has 2 aromatic carbocycles. The van der Waals surface area contributed by atoms with Gasteiger partial charge in [0.2, 0.25) is 5.91 Å². The summed E-state index contributed by atoms with van der Waals surface area (Å²) < 4.78 is 0. The van der Waals surface area contributed by atoms with Crippen LogP contribution in [0.1, 0.15) is 107 Å². The third-order valence-corrected chi connectivity index (χ3v) is 8.91. The highest BCUT2D eigenvalue weighted by Crippen LogP contribution is 2.32. The largest absolute Gasteiger partial charge is 0.371 e. The minimum Gasteiger partial charge on any atom is -0.371 e. The maximum absolute atomic E-state index is 13.8. The Hall–Kier alpha value is -2.82. The first-order valence-corrected chi connectivity index (χ1v) is 16.1. The zero-order chi connectivity index (χ0) is 28.2. The molecule has 0 saturated carbocycles. The zero-order valence-electron chi connectivity index (χ0n) is 25.0. The topological polar surface area (TPSA) is 52.7 Å². The lowest BCUT2D eigenvalue weighted by molar-refractivity contribution is -0.116. The highest BCUT2D eigenvalue weighted by Gasteiger charge is 2.27. The van der Waals surface area contributed by atoms with Crippen LogP contribution in [0.4, 0.5) is 11.4 Å². The molecule has 0 atom stereocenters. The number of nitrogens with one attached hydrogen (secondary N) is 1. The fourth-order valence-corrected chi connectivity index (χ4v) is 6.23. The van der Waals surface area contributed by atoms with Crippen LogP contribution in [0.3, 0.4) is 0 Å². The Balaban J connectivity index is 1.38. The van der Waals surface area contributed by atoms with E-state index in [4.69, 9.17) is 0 Å². The summed E-state index contributed by atoms with van der Waals surface area (Å²) in [7, 11) is 0. The molecule has 2 aliphatic heterocycles. The van der Waals surface area contributed by atoms with Crippen LogP contribution in [0.15, 0.2) is 48.5 Å². The van der Waals surface area contributed by atoms with E-state index in [0.717, 1.165) is 88.1 Å². The third-order valence-electron chi connectivity index (χ3n) is 8.91. The van der Waals surface area contributed by atoms with Crippen molar-refractivity contribution < 1.29 is 9.59 Å². The molecular formula is C35H51N3O2. The molecule has 2 aromatic rings. The molecule has 2 fully saturated rings. The fraction of sp³-hybridized carbons (Fsp3) is 0.600. The normalized spacial score (nSPS) is 16.8. The number of benzene rings is 2. The van der Waals surface area contributed by atoms with Crippen molar-refractivity contribution in [1.82, 2.24) is 4.90 Å². The number of hydrogen-bond donors (Lipinski definition) is 1. The second-order valence-electron chi connectivity index (χ2n) is 12.2. The van der Waals surface area contributed by atoms with E-state index >= 15 is 0 Å². The van der Waals surface area contributed by atoms with Gasteiger partial charge < -0.3 is 15.1 Å². The summed E-state index contributed by atoms with van der Waals surface area (Å²) in [6, 6.07) is 16.8. The molecule has 0 bridgehead atoms. The van der Waals surface area contributed by atoms with Crippen LogP contribution in [0.25, 0.3) is 0 Å². The Kier molecular flexibility index (Phi) is 11.9. The van der Waals surface area contributed by atoms with Crippen molar-refractivity contribution in [1.29, 1.82) is 0 Å². The number of anilines is 2. The predicted molar refractivity (Wildman–Crippen MR) is 167 cm³/mol. The number of unbranched alkanes of at least 4 members (excludes halogenated alkanes) is 6. The Morgan fingerprint density at radius 3 is 2.20 bits per heavy atom. The average Bonchev–Trinajstić information content (AvgIpc) is 2.98. The highest BCUT2D eigenvalue weighted by atomic mass is 16.2. The van der Waals surface area contributed by atoms with E-state index in [1.165, 1.54) is 37.7 Å². The van der Waals surface area contributed by atoms with Gasteiger partial charge in [-0.15, -0.1) is 0 Å². The first-order valence-electron chi connectivity index (χ1n) is 16.1. The smallest absolute Gasteiger partial charge is 0.256 e. The van der Waals surface area contributed by atoms with Crippen molar-refractivity contribution in [2.45, 2.75) is 97.3 Å². The molecule has 5 nitrogen and oxygen atoms in total. The quantitative estimate of drug-likeness (QED) is 0.259. The van der Waals surface area contributed by atoms with Gasteiger partial charge in [-0.25, -0.2) is 0 Å². The molecule has 0 unspecified atom stereocenters. The first-order chi connectivity index (χ1) is 19.5. The molecule has 0 aliphatic carbocycles. The molecule has 2 amide bonds. The van der Waals surface area contributed by atoms with E-state index in [-0.39, 0.29) is 11.8 Å². The molecule has 2 heterocycles. The summed E-state index contributed by atoms with van der Waals surface area (Å²) in [6.07, 6.45) is 14.4. The number of amides is 2. The second kappa shape index (κ2) is 15.8. The van der Waals surface area contributed by atoms with Crippen LogP contribution in [-0.4, -0.2) is 42.9 Å². The molecular weight excluding hydrogens is 494 g/mol. The lowest BCUT2D eigenvalue weighted by Crippen LogP contribution is -2.40. The summed E-state index contributed by atoms with van der Waals surface area (Å²) in [6.45, 7) is 8.05. The predicted octanol–water partition coefficient (Wildman–Crippen LogP) is 8.10. The lowest BCUT2D eigenvalue weighted by Gasteiger charge is -2.36. The Morgan fingerprint density at radius 1 is 0.825 bits per heavy atom.